The molecule has 1 N–H and O–H groups in total. The van der Waals surface area contributed by atoms with Crippen LogP contribution in [0.5, 0.6) is 0 Å². The van der Waals surface area contributed by atoms with E-state index in [1.165, 1.54) is 45.5 Å². The fraction of sp³-hybridized carbons (Fsp3) is 0.222. The van der Waals surface area contributed by atoms with Gasteiger partial charge in [-0.05, 0) is 48.9 Å². The number of nitrogens with one attached hydrogen (secondary N) is 1. The molecular weight excluding hydrogens is 373 g/mol. The van der Waals surface area contributed by atoms with E-state index in [0.717, 1.165) is 0 Å². The number of nitrogens with zero attached hydrogens (tertiary/aromatic N) is 2. The minimum atomic E-state index is -3.92. The molecule has 9 heteroatoms. The van der Waals surface area contributed by atoms with E-state index in [9.17, 15) is 22.4 Å². The zero-order valence-electron chi connectivity index (χ0n) is 15.0. The maximum Gasteiger partial charge on any atom is 0.328 e. The summed E-state index contributed by atoms with van der Waals surface area (Å²) in [6, 6.07) is 8.08. The number of rotatable bonds is 4. The minimum Gasteiger partial charge on any atom is -0.325 e. The molecule has 0 radical (unpaired) electrons. The van der Waals surface area contributed by atoms with Crippen molar-refractivity contribution in [1.29, 1.82) is 0 Å². The van der Waals surface area contributed by atoms with Gasteiger partial charge in [0.25, 0.3) is 0 Å². The Hall–Kier alpha value is -2.94. The van der Waals surface area contributed by atoms with Crippen LogP contribution < -0.4 is 11.0 Å². The molecule has 3 aromatic rings. The van der Waals surface area contributed by atoms with Gasteiger partial charge in [-0.15, -0.1) is 0 Å². The van der Waals surface area contributed by atoms with E-state index in [-0.39, 0.29) is 10.6 Å². The van der Waals surface area contributed by atoms with Gasteiger partial charge in [-0.2, -0.15) is 0 Å². The molecule has 7 nitrogen and oxygen atoms in total. The van der Waals surface area contributed by atoms with Crippen molar-refractivity contribution in [3.63, 3.8) is 0 Å². The summed E-state index contributed by atoms with van der Waals surface area (Å²) < 4.78 is 41.1. The fourth-order valence-corrected chi connectivity index (χ4v) is 4.04. The molecule has 0 bridgehead atoms. The lowest BCUT2D eigenvalue weighted by molar-refractivity contribution is -0.113. The quantitative estimate of drug-likeness (QED) is 0.734. The largest absolute Gasteiger partial charge is 0.328 e. The van der Waals surface area contributed by atoms with Crippen molar-refractivity contribution >= 4 is 32.5 Å². The number of hydrogen-bond acceptors (Lipinski definition) is 4. The second-order valence-corrected chi connectivity index (χ2v) is 8.31. The van der Waals surface area contributed by atoms with Gasteiger partial charge in [0.2, 0.25) is 5.91 Å². The summed E-state index contributed by atoms with van der Waals surface area (Å²) in [4.78, 5) is 24.1. The number of amides is 1. The number of anilines is 1. The zero-order valence-corrected chi connectivity index (χ0v) is 15.8. The Bertz CT molecular complexity index is 1230. The molecule has 142 valence electrons. The van der Waals surface area contributed by atoms with Crippen molar-refractivity contribution in [3.8, 4) is 0 Å². The normalized spacial score (nSPS) is 11.7. The number of carbonyl (C=O) groups is 1. The number of benzene rings is 2. The third kappa shape index (κ3) is 3.50. The number of aromatic nitrogens is 2. The summed E-state index contributed by atoms with van der Waals surface area (Å²) in [6.45, 7) is 1.61. The molecule has 0 spiro atoms. The first-order valence-corrected chi connectivity index (χ1v) is 9.69. The summed E-state index contributed by atoms with van der Waals surface area (Å²) in [6.07, 6.45) is 0. The fourth-order valence-electron chi connectivity index (χ4n) is 2.89. The third-order valence-electron chi connectivity index (χ3n) is 4.39. The number of carbonyl (C=O) groups excluding carboxylic acids is 1. The van der Waals surface area contributed by atoms with Crippen LogP contribution in [-0.4, -0.2) is 29.2 Å². The molecule has 27 heavy (non-hydrogen) atoms. The van der Waals surface area contributed by atoms with Gasteiger partial charge in [0.15, 0.2) is 9.84 Å². The molecule has 1 amide bonds. The Labute approximate surface area is 155 Å². The Morgan fingerprint density at radius 1 is 1.07 bits per heavy atom. The monoisotopic (exact) mass is 391 g/mol. The van der Waals surface area contributed by atoms with Crippen LogP contribution in [-0.2, 0) is 28.7 Å². The van der Waals surface area contributed by atoms with E-state index in [2.05, 4.69) is 5.32 Å². The number of imidazole rings is 1. The second-order valence-electron chi connectivity index (χ2n) is 6.32. The highest BCUT2D eigenvalue weighted by atomic mass is 32.2. The van der Waals surface area contributed by atoms with Crippen LogP contribution in [0.2, 0.25) is 0 Å². The Balaban J connectivity index is 1.88. The first-order chi connectivity index (χ1) is 12.6. The van der Waals surface area contributed by atoms with Crippen molar-refractivity contribution in [2.24, 2.45) is 14.1 Å². The first kappa shape index (κ1) is 18.8. The number of hydrogen-bond donors (Lipinski definition) is 1. The van der Waals surface area contributed by atoms with Gasteiger partial charge in [-0.3, -0.25) is 13.9 Å². The Kier molecular flexibility index (Phi) is 4.64. The third-order valence-corrected chi connectivity index (χ3v) is 6.00. The lowest BCUT2D eigenvalue weighted by Gasteiger charge is -2.09. The average Bonchev–Trinajstić information content (AvgIpc) is 2.81. The second kappa shape index (κ2) is 6.66. The first-order valence-electron chi connectivity index (χ1n) is 8.04. The number of aryl methyl sites for hydroxylation is 3. The highest BCUT2D eigenvalue weighted by Crippen LogP contribution is 2.20. The van der Waals surface area contributed by atoms with Gasteiger partial charge in [-0.25, -0.2) is 17.6 Å². The summed E-state index contributed by atoms with van der Waals surface area (Å²) in [7, 11) is -0.782. The van der Waals surface area contributed by atoms with Crippen LogP contribution in [0.3, 0.4) is 0 Å². The average molecular weight is 391 g/mol. The molecule has 0 aliphatic heterocycles. The molecule has 3 rings (SSSR count). The van der Waals surface area contributed by atoms with Gasteiger partial charge >= 0.3 is 5.69 Å². The predicted octanol–water partition coefficient (Wildman–Crippen LogP) is 1.74. The number of halogens is 1. The predicted molar refractivity (Wildman–Crippen MR) is 100.0 cm³/mol. The lowest BCUT2D eigenvalue weighted by Crippen LogP contribution is -2.23. The van der Waals surface area contributed by atoms with Gasteiger partial charge in [-0.1, -0.05) is 0 Å². The number of fused-ring (bicyclic) bond motifs is 1. The SMILES string of the molecule is Cc1cc(F)ccc1NC(=O)CS(=O)(=O)c1ccc2c(c1)n(C)c(=O)n2C. The van der Waals surface area contributed by atoms with E-state index < -0.39 is 27.3 Å². The molecule has 0 aliphatic rings. The van der Waals surface area contributed by atoms with Crippen LogP contribution in [0.1, 0.15) is 5.56 Å². The molecule has 1 heterocycles. The molecule has 0 atom stereocenters. The minimum absolute atomic E-state index is 0.0535. The lowest BCUT2D eigenvalue weighted by atomic mass is 10.2. The highest BCUT2D eigenvalue weighted by Gasteiger charge is 2.21. The van der Waals surface area contributed by atoms with Crippen LogP contribution in [0.4, 0.5) is 10.1 Å². The summed E-state index contributed by atoms with van der Waals surface area (Å²) in [5.74, 6) is -1.94. The molecule has 0 saturated heterocycles. The smallest absolute Gasteiger partial charge is 0.325 e. The Morgan fingerprint density at radius 2 is 1.74 bits per heavy atom. The van der Waals surface area contributed by atoms with Crippen molar-refractivity contribution in [3.05, 3.63) is 58.3 Å². The van der Waals surface area contributed by atoms with Gasteiger partial charge in [0, 0.05) is 19.8 Å². The zero-order chi connectivity index (χ0) is 19.9. The van der Waals surface area contributed by atoms with E-state index >= 15 is 0 Å². The van der Waals surface area contributed by atoms with Crippen molar-refractivity contribution in [2.45, 2.75) is 11.8 Å². The maximum absolute atomic E-state index is 13.1. The maximum atomic E-state index is 13.1. The van der Waals surface area contributed by atoms with E-state index in [1.54, 1.807) is 21.0 Å². The molecule has 1 aromatic heterocycles. The number of sulfone groups is 1. The molecule has 0 aliphatic carbocycles. The summed E-state index contributed by atoms with van der Waals surface area (Å²) in [5, 5.41) is 2.48. The molecule has 0 unspecified atom stereocenters. The van der Waals surface area contributed by atoms with Crippen molar-refractivity contribution < 1.29 is 17.6 Å². The molecule has 0 fully saturated rings. The van der Waals surface area contributed by atoms with Gasteiger partial charge in [0.1, 0.15) is 11.6 Å². The Morgan fingerprint density at radius 3 is 2.41 bits per heavy atom. The van der Waals surface area contributed by atoms with Crippen LogP contribution in [0, 0.1) is 12.7 Å². The highest BCUT2D eigenvalue weighted by molar-refractivity contribution is 7.92. The van der Waals surface area contributed by atoms with E-state index in [0.29, 0.717) is 22.3 Å². The van der Waals surface area contributed by atoms with Crippen LogP contribution in [0.15, 0.2) is 46.1 Å². The van der Waals surface area contributed by atoms with Gasteiger partial charge < -0.3 is 5.32 Å². The van der Waals surface area contributed by atoms with Crippen LogP contribution in [0.25, 0.3) is 11.0 Å². The summed E-state index contributed by atoms with van der Waals surface area (Å²) in [5.41, 5.74) is 1.61. The molecular formula is C18H18FN3O4S. The van der Waals surface area contributed by atoms with Gasteiger partial charge in [0.05, 0.1) is 15.9 Å². The molecule has 0 saturated carbocycles. The van der Waals surface area contributed by atoms with Crippen LogP contribution >= 0.6 is 0 Å². The molecule has 2 aromatic carbocycles. The van der Waals surface area contributed by atoms with E-state index in [1.807, 2.05) is 0 Å². The standard InChI is InChI=1S/C18H18FN3O4S/c1-11-8-12(19)4-6-14(11)20-17(23)10-27(25,26)13-5-7-15-16(9-13)22(3)18(24)21(15)2/h4-9H,10H2,1-3H3,(H,20,23). The topological polar surface area (TPSA) is 90.2 Å². The summed E-state index contributed by atoms with van der Waals surface area (Å²) >= 11 is 0. The van der Waals surface area contributed by atoms with Crippen molar-refractivity contribution in [2.75, 3.05) is 11.1 Å². The van der Waals surface area contributed by atoms with Crippen molar-refractivity contribution in [1.82, 2.24) is 9.13 Å². The van der Waals surface area contributed by atoms with E-state index in [4.69, 9.17) is 0 Å².